The zero-order valence-corrected chi connectivity index (χ0v) is 18.9. The Morgan fingerprint density at radius 2 is 2.06 bits per heavy atom. The fourth-order valence-corrected chi connectivity index (χ4v) is 4.34. The van der Waals surface area contributed by atoms with Crippen LogP contribution in [-0.2, 0) is 9.84 Å². The number of rotatable bonds is 7. The molecule has 1 N–H and O–H groups in total. The Bertz CT molecular complexity index is 1310. The Morgan fingerprint density at radius 3 is 2.75 bits per heavy atom. The minimum atomic E-state index is -3.27. The highest BCUT2D eigenvalue weighted by Gasteiger charge is 2.36. The highest BCUT2D eigenvalue weighted by atomic mass is 32.2. The summed E-state index contributed by atoms with van der Waals surface area (Å²) in [5.74, 6) is -0.269. The van der Waals surface area contributed by atoms with E-state index in [9.17, 15) is 17.6 Å². The number of halogens is 1. The van der Waals surface area contributed by atoms with Crippen molar-refractivity contribution in [3.63, 3.8) is 0 Å². The van der Waals surface area contributed by atoms with Crippen LogP contribution >= 0.6 is 0 Å². The molecule has 0 radical (unpaired) electrons. The van der Waals surface area contributed by atoms with Gasteiger partial charge in [-0.1, -0.05) is 18.2 Å². The van der Waals surface area contributed by atoms with Gasteiger partial charge in [-0.3, -0.25) is 9.48 Å². The van der Waals surface area contributed by atoms with Crippen LogP contribution in [0.15, 0.2) is 48.1 Å². The Hall–Kier alpha value is -3.07. The number of fused-ring (bicyclic) bond motifs is 1. The molecular formula is C23H25FN4O3S. The van der Waals surface area contributed by atoms with E-state index in [1.54, 1.807) is 38.4 Å². The minimum absolute atomic E-state index is 0.0918. The molecule has 9 heteroatoms. The molecule has 1 aromatic carbocycles. The maximum Gasteiger partial charge on any atom is 0.270 e. The summed E-state index contributed by atoms with van der Waals surface area (Å²) >= 11 is 0. The van der Waals surface area contributed by atoms with E-state index >= 15 is 0 Å². The van der Waals surface area contributed by atoms with Crippen LogP contribution in [0.5, 0.6) is 0 Å². The average Bonchev–Trinajstić information content (AvgIpc) is 3.48. The molecule has 2 atom stereocenters. The summed E-state index contributed by atoms with van der Waals surface area (Å²) in [6, 6.07) is 6.21. The van der Waals surface area contributed by atoms with Crippen LogP contribution in [0.1, 0.15) is 47.4 Å². The number of carbonyl (C=O) groups is 1. The Labute approximate surface area is 186 Å². The van der Waals surface area contributed by atoms with E-state index < -0.39 is 21.8 Å². The second-order valence-electron chi connectivity index (χ2n) is 8.37. The van der Waals surface area contributed by atoms with E-state index in [4.69, 9.17) is 0 Å². The van der Waals surface area contributed by atoms with Gasteiger partial charge in [-0.15, -0.1) is 0 Å². The molecule has 0 aliphatic heterocycles. The van der Waals surface area contributed by atoms with Gasteiger partial charge in [0.2, 0.25) is 0 Å². The van der Waals surface area contributed by atoms with Gasteiger partial charge < -0.3 is 5.32 Å². The average molecular weight is 457 g/mol. The summed E-state index contributed by atoms with van der Waals surface area (Å²) < 4.78 is 38.6. The molecule has 0 saturated heterocycles. The van der Waals surface area contributed by atoms with Gasteiger partial charge in [-0.25, -0.2) is 17.8 Å². The first-order valence-electron chi connectivity index (χ1n) is 10.4. The topological polar surface area (TPSA) is 94.0 Å². The lowest BCUT2D eigenvalue weighted by Crippen LogP contribution is -2.31. The zero-order valence-electron chi connectivity index (χ0n) is 18.1. The van der Waals surface area contributed by atoms with Crippen molar-refractivity contribution < 1.29 is 17.6 Å². The van der Waals surface area contributed by atoms with Crippen LogP contribution in [0.25, 0.3) is 10.9 Å². The van der Waals surface area contributed by atoms with Crippen molar-refractivity contribution in [1.29, 1.82) is 0 Å². The summed E-state index contributed by atoms with van der Waals surface area (Å²) in [7, 11) is -3.27. The second kappa shape index (κ2) is 8.46. The quantitative estimate of drug-likeness (QED) is 0.587. The molecule has 1 saturated carbocycles. The fraction of sp³-hybridized carbons (Fsp3) is 0.348. The number of benzene rings is 1. The van der Waals surface area contributed by atoms with E-state index in [2.05, 4.69) is 15.4 Å². The largest absolute Gasteiger partial charge is 0.345 e. The van der Waals surface area contributed by atoms with Crippen molar-refractivity contribution in [3.05, 3.63) is 70.8 Å². The smallest absolute Gasteiger partial charge is 0.270 e. The van der Waals surface area contributed by atoms with E-state index in [-0.39, 0.29) is 17.6 Å². The molecule has 4 rings (SSSR count). The maximum atomic E-state index is 14.2. The van der Waals surface area contributed by atoms with Gasteiger partial charge in [-0.2, -0.15) is 5.10 Å². The predicted octanol–water partition coefficient (Wildman–Crippen LogP) is 3.55. The van der Waals surface area contributed by atoms with Gasteiger partial charge in [0.05, 0.1) is 24.0 Å². The Kier molecular flexibility index (Phi) is 5.85. The zero-order chi connectivity index (χ0) is 23.0. The van der Waals surface area contributed by atoms with Crippen LogP contribution in [0.3, 0.4) is 0 Å². The van der Waals surface area contributed by atoms with E-state index in [1.165, 1.54) is 12.1 Å². The van der Waals surface area contributed by atoms with Gasteiger partial charge >= 0.3 is 0 Å². The molecule has 2 aromatic heterocycles. The second-order valence-corrected chi connectivity index (χ2v) is 10.3. The van der Waals surface area contributed by atoms with Crippen molar-refractivity contribution in [2.24, 2.45) is 5.92 Å². The van der Waals surface area contributed by atoms with Crippen molar-refractivity contribution in [1.82, 2.24) is 20.1 Å². The summed E-state index contributed by atoms with van der Waals surface area (Å²) in [6.07, 6.45) is 7.89. The highest BCUT2D eigenvalue weighted by molar-refractivity contribution is 7.93. The molecule has 0 bridgehead atoms. The highest BCUT2D eigenvalue weighted by Crippen LogP contribution is 2.45. The summed E-state index contributed by atoms with van der Waals surface area (Å²) in [5, 5.41) is 9.09. The molecule has 7 nitrogen and oxygen atoms in total. The lowest BCUT2D eigenvalue weighted by atomic mass is 9.97. The standard InChI is InChI=1S/C23H25FN4O3S/c1-14(9-10-32(3,30)31)27-23(29)20-11-17-12-26-28(21(17)13-25-20)22(16-7-8-16)18-5-4-6-19(24)15(18)2/h4-6,9-14,16,22H,7-8H2,1-3H3,(H,27,29)/b10-9+/t14-,22?/m1/s1. The molecule has 32 heavy (non-hydrogen) atoms. The first-order valence-corrected chi connectivity index (χ1v) is 12.4. The van der Waals surface area contributed by atoms with E-state index in [1.807, 2.05) is 10.7 Å². The molecule has 1 unspecified atom stereocenters. The normalized spacial score (nSPS) is 16.4. The van der Waals surface area contributed by atoms with Crippen LogP contribution in [0.4, 0.5) is 4.39 Å². The van der Waals surface area contributed by atoms with Crippen molar-refractivity contribution in [2.75, 3.05) is 6.26 Å². The first-order chi connectivity index (χ1) is 15.1. The van der Waals surface area contributed by atoms with Crippen LogP contribution in [0.2, 0.25) is 0 Å². The molecule has 168 valence electrons. The van der Waals surface area contributed by atoms with Gasteiger partial charge in [-0.05, 0) is 55.9 Å². The third kappa shape index (κ3) is 4.72. The molecule has 0 spiro atoms. The first kappa shape index (κ1) is 22.1. The number of nitrogens with zero attached hydrogens (tertiary/aromatic N) is 3. The predicted molar refractivity (Wildman–Crippen MR) is 120 cm³/mol. The molecule has 1 aliphatic carbocycles. The molecule has 2 heterocycles. The van der Waals surface area contributed by atoms with E-state index in [0.717, 1.165) is 41.0 Å². The summed E-state index contributed by atoms with van der Waals surface area (Å²) in [5.41, 5.74) is 2.51. The van der Waals surface area contributed by atoms with Gasteiger partial charge in [0, 0.05) is 23.1 Å². The number of sulfone groups is 1. The summed E-state index contributed by atoms with van der Waals surface area (Å²) in [6.45, 7) is 3.46. The number of nitrogens with one attached hydrogen (secondary N) is 1. The minimum Gasteiger partial charge on any atom is -0.345 e. The monoisotopic (exact) mass is 456 g/mol. The van der Waals surface area contributed by atoms with E-state index in [0.29, 0.717) is 11.5 Å². The van der Waals surface area contributed by atoms with Crippen LogP contribution in [0, 0.1) is 18.7 Å². The van der Waals surface area contributed by atoms with Gasteiger partial charge in [0.25, 0.3) is 5.91 Å². The molecule has 1 amide bonds. The number of hydrogen-bond acceptors (Lipinski definition) is 5. The number of aromatic nitrogens is 3. The molecule has 1 aliphatic rings. The van der Waals surface area contributed by atoms with Crippen LogP contribution < -0.4 is 5.32 Å². The SMILES string of the molecule is Cc1c(F)cccc1C(C1CC1)n1ncc2cc(C(=O)N[C@H](C)/C=C/S(C)(=O)=O)ncc21. The lowest BCUT2D eigenvalue weighted by molar-refractivity contribution is 0.0942. The van der Waals surface area contributed by atoms with Gasteiger partial charge in [0.15, 0.2) is 9.84 Å². The third-order valence-corrected chi connectivity index (χ3v) is 6.30. The maximum absolute atomic E-state index is 14.2. The molecular weight excluding hydrogens is 431 g/mol. The number of pyridine rings is 1. The van der Waals surface area contributed by atoms with Gasteiger partial charge in [0.1, 0.15) is 11.5 Å². The third-order valence-electron chi connectivity index (χ3n) is 5.65. The number of carbonyl (C=O) groups excluding carboxylic acids is 1. The Morgan fingerprint density at radius 1 is 1.31 bits per heavy atom. The molecule has 1 fully saturated rings. The Balaban J connectivity index is 1.62. The number of amides is 1. The lowest BCUT2D eigenvalue weighted by Gasteiger charge is -2.21. The van der Waals surface area contributed by atoms with Crippen molar-refractivity contribution >= 4 is 26.6 Å². The fourth-order valence-electron chi connectivity index (χ4n) is 3.82. The van der Waals surface area contributed by atoms with Crippen molar-refractivity contribution in [3.8, 4) is 0 Å². The van der Waals surface area contributed by atoms with Crippen LogP contribution in [-0.4, -0.2) is 41.4 Å². The van der Waals surface area contributed by atoms with Crippen molar-refractivity contribution in [2.45, 2.75) is 38.8 Å². The number of hydrogen-bond donors (Lipinski definition) is 1. The summed E-state index contributed by atoms with van der Waals surface area (Å²) in [4.78, 5) is 16.9. The molecule has 3 aromatic rings.